The monoisotopic (exact) mass is 306 g/mol. The molecule has 0 bridgehead atoms. The Balaban J connectivity index is 2.05. The summed E-state index contributed by atoms with van der Waals surface area (Å²) in [6, 6.07) is 12.3. The Hall–Kier alpha value is -2.11. The molecule has 0 aliphatic carbocycles. The van der Waals surface area contributed by atoms with Gasteiger partial charge in [0.25, 0.3) is 5.69 Å². The minimum absolute atomic E-state index is 0.0114. The van der Waals surface area contributed by atoms with Gasteiger partial charge in [-0.25, -0.2) is 0 Å². The fraction of sp³-hybridized carbons (Fsp3) is 0.200. The maximum atomic E-state index is 10.8. The molecule has 0 aliphatic rings. The number of methoxy groups -OCH3 is 1. The largest absolute Gasteiger partial charge is 0.380 e. The van der Waals surface area contributed by atoms with Crippen molar-refractivity contribution in [1.29, 1.82) is 0 Å². The van der Waals surface area contributed by atoms with E-state index in [1.165, 1.54) is 18.2 Å². The predicted octanol–water partition coefficient (Wildman–Crippen LogP) is 4.01. The first-order valence-corrected chi connectivity index (χ1v) is 6.72. The van der Waals surface area contributed by atoms with Gasteiger partial charge < -0.3 is 10.1 Å². The molecule has 2 rings (SSSR count). The van der Waals surface area contributed by atoms with Crippen molar-refractivity contribution in [2.45, 2.75) is 13.2 Å². The normalized spacial score (nSPS) is 10.4. The van der Waals surface area contributed by atoms with Crippen molar-refractivity contribution < 1.29 is 9.66 Å². The fourth-order valence-electron chi connectivity index (χ4n) is 1.88. The van der Waals surface area contributed by atoms with Gasteiger partial charge >= 0.3 is 0 Å². The van der Waals surface area contributed by atoms with Crippen LogP contribution in [-0.2, 0) is 17.9 Å². The van der Waals surface area contributed by atoms with Gasteiger partial charge in [-0.15, -0.1) is 0 Å². The smallest absolute Gasteiger partial charge is 0.271 e. The summed E-state index contributed by atoms with van der Waals surface area (Å²) in [6.45, 7) is 1.11. The van der Waals surface area contributed by atoms with E-state index >= 15 is 0 Å². The zero-order valence-corrected chi connectivity index (χ0v) is 12.3. The van der Waals surface area contributed by atoms with Crippen molar-refractivity contribution in [2.75, 3.05) is 12.4 Å². The lowest BCUT2D eigenvalue weighted by atomic mass is 10.1. The zero-order valence-electron chi connectivity index (χ0n) is 11.5. The quantitative estimate of drug-likeness (QED) is 0.647. The number of non-ortho nitro benzene ring substituents is 1. The highest BCUT2D eigenvalue weighted by atomic mass is 35.5. The van der Waals surface area contributed by atoms with Crippen molar-refractivity contribution in [3.8, 4) is 0 Å². The number of hydrogen-bond donors (Lipinski definition) is 1. The highest BCUT2D eigenvalue weighted by Gasteiger charge is 2.09. The number of ether oxygens (including phenoxy) is 1. The van der Waals surface area contributed by atoms with Crippen LogP contribution in [0.25, 0.3) is 0 Å². The molecule has 0 aliphatic heterocycles. The van der Waals surface area contributed by atoms with Crippen LogP contribution >= 0.6 is 11.6 Å². The lowest BCUT2D eigenvalue weighted by Crippen LogP contribution is -2.01. The van der Waals surface area contributed by atoms with Crippen molar-refractivity contribution in [2.24, 2.45) is 0 Å². The van der Waals surface area contributed by atoms with Gasteiger partial charge in [-0.3, -0.25) is 10.1 Å². The maximum Gasteiger partial charge on any atom is 0.271 e. The van der Waals surface area contributed by atoms with E-state index in [-0.39, 0.29) is 5.69 Å². The highest BCUT2D eigenvalue weighted by molar-refractivity contribution is 6.33. The summed E-state index contributed by atoms with van der Waals surface area (Å²) in [7, 11) is 1.65. The van der Waals surface area contributed by atoms with Crippen molar-refractivity contribution in [3.63, 3.8) is 0 Å². The second kappa shape index (κ2) is 7.06. The van der Waals surface area contributed by atoms with Crippen molar-refractivity contribution in [1.82, 2.24) is 0 Å². The molecule has 2 aromatic carbocycles. The molecule has 6 heteroatoms. The molecule has 0 aromatic heterocycles. The number of nitrogens with one attached hydrogen (secondary N) is 1. The molecule has 0 saturated carbocycles. The van der Waals surface area contributed by atoms with E-state index in [1.807, 2.05) is 24.3 Å². The first kappa shape index (κ1) is 15.3. The fourth-order valence-corrected chi connectivity index (χ4v) is 2.06. The molecule has 21 heavy (non-hydrogen) atoms. The Morgan fingerprint density at radius 2 is 1.86 bits per heavy atom. The van der Waals surface area contributed by atoms with Gasteiger partial charge in [0, 0.05) is 25.8 Å². The average Bonchev–Trinajstić information content (AvgIpc) is 2.48. The molecule has 0 unspecified atom stereocenters. The minimum Gasteiger partial charge on any atom is -0.380 e. The summed E-state index contributed by atoms with van der Waals surface area (Å²) in [5.41, 5.74) is 2.70. The summed E-state index contributed by atoms with van der Waals surface area (Å²) < 4.78 is 5.05. The number of nitro benzene ring substituents is 1. The van der Waals surface area contributed by atoms with Crippen LogP contribution in [0.1, 0.15) is 11.1 Å². The van der Waals surface area contributed by atoms with Gasteiger partial charge in [-0.2, -0.15) is 0 Å². The van der Waals surface area contributed by atoms with E-state index < -0.39 is 4.92 Å². The van der Waals surface area contributed by atoms with Gasteiger partial charge in [0.1, 0.15) is 0 Å². The lowest BCUT2D eigenvalue weighted by molar-refractivity contribution is -0.384. The lowest BCUT2D eigenvalue weighted by Gasteiger charge is -2.09. The Kier molecular flexibility index (Phi) is 5.14. The first-order valence-electron chi connectivity index (χ1n) is 6.34. The molecule has 1 N–H and O–H groups in total. The SMILES string of the molecule is COCc1ccc(CNc2cc([N+](=O)[O-])ccc2Cl)cc1. The van der Waals surface area contributed by atoms with Gasteiger partial charge in [-0.05, 0) is 17.2 Å². The molecular weight excluding hydrogens is 292 g/mol. The molecule has 0 spiro atoms. The molecule has 110 valence electrons. The Labute approximate surface area is 127 Å². The average molecular weight is 307 g/mol. The number of anilines is 1. The van der Waals surface area contributed by atoms with Gasteiger partial charge in [0.15, 0.2) is 0 Å². The molecule has 0 radical (unpaired) electrons. The summed E-state index contributed by atoms with van der Waals surface area (Å²) in [6.07, 6.45) is 0. The minimum atomic E-state index is -0.443. The van der Waals surface area contributed by atoms with Gasteiger partial charge in [-0.1, -0.05) is 35.9 Å². The second-order valence-electron chi connectivity index (χ2n) is 4.52. The molecule has 0 heterocycles. The number of benzene rings is 2. The molecule has 5 nitrogen and oxygen atoms in total. The van der Waals surface area contributed by atoms with E-state index in [9.17, 15) is 10.1 Å². The zero-order chi connectivity index (χ0) is 15.2. The summed E-state index contributed by atoms with van der Waals surface area (Å²) in [4.78, 5) is 10.3. The number of nitrogens with zero attached hydrogens (tertiary/aromatic N) is 1. The molecule has 0 fully saturated rings. The van der Waals surface area contributed by atoms with Crippen LogP contribution in [0.2, 0.25) is 5.02 Å². The highest BCUT2D eigenvalue weighted by Crippen LogP contribution is 2.27. The van der Waals surface area contributed by atoms with Crippen LogP contribution in [0.15, 0.2) is 42.5 Å². The van der Waals surface area contributed by atoms with E-state index in [2.05, 4.69) is 5.32 Å². The van der Waals surface area contributed by atoms with E-state index in [4.69, 9.17) is 16.3 Å². The third-order valence-electron chi connectivity index (χ3n) is 2.98. The van der Waals surface area contributed by atoms with Crippen LogP contribution in [0.5, 0.6) is 0 Å². The molecule has 0 saturated heterocycles. The number of rotatable bonds is 6. The Bertz CT molecular complexity index is 629. The second-order valence-corrected chi connectivity index (χ2v) is 4.93. The number of hydrogen-bond acceptors (Lipinski definition) is 4. The molecule has 0 amide bonds. The van der Waals surface area contributed by atoms with Gasteiger partial charge in [0.05, 0.1) is 22.2 Å². The van der Waals surface area contributed by atoms with Crippen molar-refractivity contribution >= 4 is 23.0 Å². The summed E-state index contributed by atoms with van der Waals surface area (Å²) in [5, 5.41) is 14.3. The van der Waals surface area contributed by atoms with Crippen LogP contribution in [0.4, 0.5) is 11.4 Å². The van der Waals surface area contributed by atoms with Gasteiger partial charge in [0.2, 0.25) is 0 Å². The summed E-state index contributed by atoms with van der Waals surface area (Å²) >= 11 is 6.03. The summed E-state index contributed by atoms with van der Waals surface area (Å²) in [5.74, 6) is 0. The molecular formula is C15H15ClN2O3. The number of nitro groups is 1. The standard InChI is InChI=1S/C15H15ClN2O3/c1-21-10-12-4-2-11(3-5-12)9-17-15-8-13(18(19)20)6-7-14(15)16/h2-8,17H,9-10H2,1H3. The topological polar surface area (TPSA) is 64.4 Å². The van der Waals surface area contributed by atoms with Crippen LogP contribution < -0.4 is 5.32 Å². The Morgan fingerprint density at radius 3 is 2.48 bits per heavy atom. The Morgan fingerprint density at radius 1 is 1.19 bits per heavy atom. The first-order chi connectivity index (χ1) is 10.1. The van der Waals surface area contributed by atoms with Crippen LogP contribution in [-0.4, -0.2) is 12.0 Å². The number of halogens is 1. The van der Waals surface area contributed by atoms with Crippen LogP contribution in [0.3, 0.4) is 0 Å². The van der Waals surface area contributed by atoms with E-state index in [0.29, 0.717) is 23.9 Å². The predicted molar refractivity (Wildman–Crippen MR) is 82.6 cm³/mol. The van der Waals surface area contributed by atoms with Crippen molar-refractivity contribution in [3.05, 3.63) is 68.7 Å². The van der Waals surface area contributed by atoms with E-state index in [0.717, 1.165) is 11.1 Å². The maximum absolute atomic E-state index is 10.8. The molecule has 2 aromatic rings. The van der Waals surface area contributed by atoms with Crippen LogP contribution in [0, 0.1) is 10.1 Å². The molecule has 0 atom stereocenters. The van der Waals surface area contributed by atoms with E-state index in [1.54, 1.807) is 7.11 Å². The third kappa shape index (κ3) is 4.18. The third-order valence-corrected chi connectivity index (χ3v) is 3.31.